The molecule has 0 spiro atoms. The van der Waals surface area contributed by atoms with Crippen molar-refractivity contribution in [2.45, 2.75) is 45.3 Å². The van der Waals surface area contributed by atoms with Crippen molar-refractivity contribution >= 4 is 28.8 Å². The zero-order valence-electron chi connectivity index (χ0n) is 15.3. The van der Waals surface area contributed by atoms with Crippen LogP contribution in [0.15, 0.2) is 36.4 Å². The zero-order valence-corrected chi connectivity index (χ0v) is 16.1. The van der Waals surface area contributed by atoms with Gasteiger partial charge >= 0.3 is 6.18 Å². The summed E-state index contributed by atoms with van der Waals surface area (Å²) in [6.07, 6.45) is -4.19. The van der Waals surface area contributed by atoms with E-state index in [-0.39, 0.29) is 49.7 Å². The van der Waals surface area contributed by atoms with E-state index >= 15 is 0 Å². The number of thiophene rings is 1. The fourth-order valence-corrected chi connectivity index (χ4v) is 3.27. The molecule has 0 fully saturated rings. The maximum absolute atomic E-state index is 12.5. The quantitative estimate of drug-likeness (QED) is 0.608. The van der Waals surface area contributed by atoms with Crippen molar-refractivity contribution in [3.8, 4) is 0 Å². The van der Waals surface area contributed by atoms with Crippen LogP contribution < -0.4 is 5.32 Å². The van der Waals surface area contributed by atoms with Crippen molar-refractivity contribution in [2.75, 3.05) is 0 Å². The van der Waals surface area contributed by atoms with Gasteiger partial charge < -0.3 is 5.32 Å². The molecule has 150 valence electrons. The summed E-state index contributed by atoms with van der Waals surface area (Å²) in [5, 5.41) is 2.57. The third-order valence-electron chi connectivity index (χ3n) is 4.05. The summed E-state index contributed by atoms with van der Waals surface area (Å²) in [5.74, 6) is -0.627. The molecule has 0 bridgehead atoms. The maximum atomic E-state index is 12.5. The Bertz CT molecular complexity index is 841. The van der Waals surface area contributed by atoms with Gasteiger partial charge in [-0.05, 0) is 36.8 Å². The van der Waals surface area contributed by atoms with Crippen LogP contribution in [-0.2, 0) is 22.3 Å². The Morgan fingerprint density at radius 2 is 1.57 bits per heavy atom. The normalized spacial score (nSPS) is 11.3. The Balaban J connectivity index is 1.67. The van der Waals surface area contributed by atoms with Gasteiger partial charge in [0, 0.05) is 37.1 Å². The number of Topliss-reactive ketones (excluding diaryl/α,β-unsaturated/α-hetero) is 2. The highest BCUT2D eigenvalue weighted by Crippen LogP contribution is 2.29. The van der Waals surface area contributed by atoms with Gasteiger partial charge in [0.15, 0.2) is 5.78 Å². The van der Waals surface area contributed by atoms with E-state index < -0.39 is 11.7 Å². The number of benzene rings is 1. The number of carbonyl (C=O) groups is 3. The average molecular weight is 411 g/mol. The van der Waals surface area contributed by atoms with E-state index in [0.29, 0.717) is 10.4 Å². The van der Waals surface area contributed by atoms with Crippen molar-refractivity contribution in [3.63, 3.8) is 0 Å². The minimum atomic E-state index is -4.40. The monoisotopic (exact) mass is 411 g/mol. The van der Waals surface area contributed by atoms with Crippen molar-refractivity contribution in [1.82, 2.24) is 5.32 Å². The minimum Gasteiger partial charge on any atom is -0.352 e. The highest BCUT2D eigenvalue weighted by molar-refractivity contribution is 7.14. The standard InChI is InChI=1S/C20H20F3NO3S/c1-13-2-10-18(28-13)17(26)9-7-16(25)8-11-19(27)24-12-14-3-5-15(6-4-14)20(21,22)23/h2-6,10H,7-9,11-12H2,1H3,(H,24,27). The predicted molar refractivity (Wildman–Crippen MR) is 100 cm³/mol. The summed E-state index contributed by atoms with van der Waals surface area (Å²) >= 11 is 1.39. The van der Waals surface area contributed by atoms with Gasteiger partial charge in [-0.25, -0.2) is 0 Å². The third-order valence-corrected chi connectivity index (χ3v) is 5.09. The lowest BCUT2D eigenvalue weighted by atomic mass is 10.1. The fraction of sp³-hybridized carbons (Fsp3) is 0.350. The average Bonchev–Trinajstić information content (AvgIpc) is 3.08. The van der Waals surface area contributed by atoms with Gasteiger partial charge in [0.1, 0.15) is 5.78 Å². The molecule has 2 rings (SSSR count). The van der Waals surface area contributed by atoms with Crippen LogP contribution in [0, 0.1) is 6.92 Å². The number of ketones is 2. The molecule has 2 aromatic rings. The molecule has 0 atom stereocenters. The van der Waals surface area contributed by atoms with E-state index in [1.807, 2.05) is 13.0 Å². The molecule has 0 aliphatic heterocycles. The number of rotatable bonds is 9. The molecule has 0 radical (unpaired) electrons. The third kappa shape index (κ3) is 6.92. The Hall–Kier alpha value is -2.48. The van der Waals surface area contributed by atoms with E-state index in [9.17, 15) is 27.6 Å². The molecular formula is C20H20F3NO3S. The second-order valence-electron chi connectivity index (χ2n) is 6.34. The number of aryl methyl sites for hydroxylation is 1. The van der Waals surface area contributed by atoms with Crippen molar-refractivity contribution in [1.29, 1.82) is 0 Å². The van der Waals surface area contributed by atoms with E-state index in [2.05, 4.69) is 5.32 Å². The largest absolute Gasteiger partial charge is 0.416 e. The Morgan fingerprint density at radius 3 is 2.14 bits per heavy atom. The first-order chi connectivity index (χ1) is 13.1. The predicted octanol–water partition coefficient (Wildman–Crippen LogP) is 4.70. The molecule has 8 heteroatoms. The molecular weight excluding hydrogens is 391 g/mol. The van der Waals surface area contributed by atoms with Crippen LogP contribution in [0.3, 0.4) is 0 Å². The highest BCUT2D eigenvalue weighted by atomic mass is 32.1. The van der Waals surface area contributed by atoms with Gasteiger partial charge in [0.25, 0.3) is 0 Å². The van der Waals surface area contributed by atoms with Crippen LogP contribution in [0.2, 0.25) is 0 Å². The summed E-state index contributed by atoms with van der Waals surface area (Å²) < 4.78 is 37.5. The first kappa shape index (κ1) is 21.8. The van der Waals surface area contributed by atoms with Gasteiger partial charge in [-0.15, -0.1) is 11.3 Å². The van der Waals surface area contributed by atoms with Gasteiger partial charge in [0.05, 0.1) is 10.4 Å². The van der Waals surface area contributed by atoms with Crippen molar-refractivity contribution in [3.05, 3.63) is 57.3 Å². The first-order valence-corrected chi connectivity index (χ1v) is 9.51. The lowest BCUT2D eigenvalue weighted by molar-refractivity contribution is -0.137. The number of hydrogen-bond acceptors (Lipinski definition) is 4. The highest BCUT2D eigenvalue weighted by Gasteiger charge is 2.29. The molecule has 1 heterocycles. The molecule has 0 unspecified atom stereocenters. The topological polar surface area (TPSA) is 63.2 Å². The maximum Gasteiger partial charge on any atom is 0.416 e. The van der Waals surface area contributed by atoms with Gasteiger partial charge in [0.2, 0.25) is 5.91 Å². The number of carbonyl (C=O) groups excluding carboxylic acids is 3. The summed E-state index contributed by atoms with van der Waals surface area (Å²) in [6.45, 7) is 1.98. The number of amides is 1. The van der Waals surface area contributed by atoms with Crippen LogP contribution >= 0.6 is 11.3 Å². The SMILES string of the molecule is Cc1ccc(C(=O)CCC(=O)CCC(=O)NCc2ccc(C(F)(F)F)cc2)s1. The smallest absolute Gasteiger partial charge is 0.352 e. The molecule has 28 heavy (non-hydrogen) atoms. The van der Waals surface area contributed by atoms with Gasteiger partial charge in [-0.1, -0.05) is 12.1 Å². The number of nitrogens with one attached hydrogen (secondary N) is 1. The summed E-state index contributed by atoms with van der Waals surface area (Å²) in [4.78, 5) is 37.3. The molecule has 1 N–H and O–H groups in total. The molecule has 0 saturated carbocycles. The molecule has 0 saturated heterocycles. The van der Waals surface area contributed by atoms with Crippen LogP contribution in [-0.4, -0.2) is 17.5 Å². The van der Waals surface area contributed by atoms with E-state index in [1.54, 1.807) is 6.07 Å². The van der Waals surface area contributed by atoms with Crippen LogP contribution in [0.25, 0.3) is 0 Å². The Morgan fingerprint density at radius 1 is 0.929 bits per heavy atom. The van der Waals surface area contributed by atoms with E-state index in [1.165, 1.54) is 23.5 Å². The van der Waals surface area contributed by atoms with Crippen LogP contribution in [0.1, 0.15) is 51.4 Å². The van der Waals surface area contributed by atoms with Crippen LogP contribution in [0.5, 0.6) is 0 Å². The second-order valence-corrected chi connectivity index (χ2v) is 7.63. The molecule has 1 aromatic heterocycles. The second kappa shape index (κ2) is 9.64. The molecule has 1 aromatic carbocycles. The molecule has 0 aliphatic carbocycles. The van der Waals surface area contributed by atoms with Crippen molar-refractivity contribution < 1.29 is 27.6 Å². The fourth-order valence-electron chi connectivity index (χ4n) is 2.44. The first-order valence-electron chi connectivity index (χ1n) is 8.69. The van der Waals surface area contributed by atoms with E-state index in [4.69, 9.17) is 0 Å². The Kier molecular flexibility index (Phi) is 7.51. The summed E-state index contributed by atoms with van der Waals surface area (Å²) in [6, 6.07) is 8.09. The van der Waals surface area contributed by atoms with Crippen LogP contribution in [0.4, 0.5) is 13.2 Å². The lowest BCUT2D eigenvalue weighted by Crippen LogP contribution is -2.23. The number of alkyl halides is 3. The van der Waals surface area contributed by atoms with Crippen molar-refractivity contribution in [2.24, 2.45) is 0 Å². The molecule has 1 amide bonds. The van der Waals surface area contributed by atoms with Gasteiger partial charge in [-0.2, -0.15) is 13.2 Å². The minimum absolute atomic E-state index is 0.0221. The Labute approximate surface area is 164 Å². The zero-order chi connectivity index (χ0) is 20.7. The number of hydrogen-bond donors (Lipinski definition) is 1. The molecule has 4 nitrogen and oxygen atoms in total. The van der Waals surface area contributed by atoms with Gasteiger partial charge in [-0.3, -0.25) is 14.4 Å². The van der Waals surface area contributed by atoms with E-state index in [0.717, 1.165) is 17.0 Å². The molecule has 0 aliphatic rings. The summed E-state index contributed by atoms with van der Waals surface area (Å²) in [5.41, 5.74) is -0.218. The number of halogens is 3. The summed E-state index contributed by atoms with van der Waals surface area (Å²) in [7, 11) is 0. The lowest BCUT2D eigenvalue weighted by Gasteiger charge is -2.08.